The van der Waals surface area contributed by atoms with Gasteiger partial charge in [-0.3, -0.25) is 19.3 Å². The molecule has 9 nitrogen and oxygen atoms in total. The van der Waals surface area contributed by atoms with Crippen LogP contribution in [0.4, 0.5) is 17.1 Å². The van der Waals surface area contributed by atoms with E-state index in [0.29, 0.717) is 12.3 Å². The first-order valence-corrected chi connectivity index (χ1v) is 11.2. The van der Waals surface area contributed by atoms with E-state index < -0.39 is 11.8 Å². The minimum absolute atomic E-state index is 0.138. The summed E-state index contributed by atoms with van der Waals surface area (Å²) in [7, 11) is 1.39. The Morgan fingerprint density at radius 3 is 2.76 bits per heavy atom. The summed E-state index contributed by atoms with van der Waals surface area (Å²) < 4.78 is 5.33. The van der Waals surface area contributed by atoms with Crippen molar-refractivity contribution in [1.29, 1.82) is 5.26 Å². The molecule has 2 aliphatic heterocycles. The number of carbonyl (C=O) groups is 3. The molecule has 0 spiro atoms. The maximum Gasteiger partial charge on any atom is 0.325 e. The van der Waals surface area contributed by atoms with Crippen molar-refractivity contribution in [3.8, 4) is 6.07 Å². The molecule has 10 heteroatoms. The van der Waals surface area contributed by atoms with Crippen LogP contribution in [0.5, 0.6) is 0 Å². The Bertz CT molecular complexity index is 1250. The lowest BCUT2D eigenvalue weighted by Gasteiger charge is -2.30. The smallest absolute Gasteiger partial charge is 0.325 e. The molecule has 2 heterocycles. The van der Waals surface area contributed by atoms with E-state index in [4.69, 9.17) is 4.74 Å². The van der Waals surface area contributed by atoms with E-state index in [0.717, 1.165) is 35.5 Å². The largest absolute Gasteiger partial charge is 0.465 e. The predicted molar refractivity (Wildman–Crippen MR) is 123 cm³/mol. The maximum absolute atomic E-state index is 12.4. The highest BCUT2D eigenvalue weighted by Crippen LogP contribution is 2.40. The molecule has 4 rings (SSSR count). The SMILES string of the molecule is CCOC(=O)CN1CCCc2cc(N=Nc3c(C#N)cc4c(c3Br)C(=O)N(C)C4=O)ccc21. The van der Waals surface area contributed by atoms with Crippen LogP contribution in [0.25, 0.3) is 0 Å². The number of fused-ring (bicyclic) bond motifs is 2. The fourth-order valence-electron chi connectivity index (χ4n) is 4.00. The van der Waals surface area contributed by atoms with Crippen molar-refractivity contribution in [3.63, 3.8) is 0 Å². The van der Waals surface area contributed by atoms with Crippen molar-refractivity contribution in [3.05, 3.63) is 51.0 Å². The molecule has 168 valence electrons. The number of hydrogen-bond acceptors (Lipinski definition) is 8. The van der Waals surface area contributed by atoms with E-state index >= 15 is 0 Å². The number of amides is 2. The minimum atomic E-state index is -0.460. The first-order chi connectivity index (χ1) is 15.8. The number of imide groups is 1. The highest BCUT2D eigenvalue weighted by atomic mass is 79.9. The number of aryl methyl sites for hydroxylation is 1. The molecule has 0 saturated heterocycles. The summed E-state index contributed by atoms with van der Waals surface area (Å²) in [5.74, 6) is -1.19. The zero-order chi connectivity index (χ0) is 23.7. The Morgan fingerprint density at radius 2 is 2.03 bits per heavy atom. The third-order valence-corrected chi connectivity index (χ3v) is 6.36. The second-order valence-electron chi connectivity index (χ2n) is 7.63. The average molecular weight is 510 g/mol. The number of esters is 1. The van der Waals surface area contributed by atoms with E-state index in [-0.39, 0.29) is 39.4 Å². The topological polar surface area (TPSA) is 115 Å². The first-order valence-electron chi connectivity index (χ1n) is 10.4. The number of azo groups is 1. The zero-order valence-electron chi connectivity index (χ0n) is 18.1. The molecule has 0 aliphatic carbocycles. The normalized spacial score (nSPS) is 15.0. The monoisotopic (exact) mass is 509 g/mol. The highest BCUT2D eigenvalue weighted by molar-refractivity contribution is 9.10. The quantitative estimate of drug-likeness (QED) is 0.337. The lowest BCUT2D eigenvalue weighted by molar-refractivity contribution is -0.141. The Kier molecular flexibility index (Phi) is 6.24. The van der Waals surface area contributed by atoms with Gasteiger partial charge in [0.05, 0.1) is 33.5 Å². The van der Waals surface area contributed by atoms with E-state index in [1.165, 1.54) is 13.1 Å². The lowest BCUT2D eigenvalue weighted by atomic mass is 10.0. The molecular formula is C23H20BrN5O4. The molecule has 0 bridgehead atoms. The van der Waals surface area contributed by atoms with Gasteiger partial charge < -0.3 is 9.64 Å². The molecule has 0 atom stereocenters. The van der Waals surface area contributed by atoms with Crippen LogP contribution in [-0.4, -0.2) is 49.4 Å². The van der Waals surface area contributed by atoms with Gasteiger partial charge in [0.25, 0.3) is 11.8 Å². The number of nitriles is 1. The molecule has 33 heavy (non-hydrogen) atoms. The van der Waals surface area contributed by atoms with Crippen LogP contribution in [0.3, 0.4) is 0 Å². The molecular weight excluding hydrogens is 490 g/mol. The zero-order valence-corrected chi connectivity index (χ0v) is 19.7. The van der Waals surface area contributed by atoms with Crippen LogP contribution in [0, 0.1) is 11.3 Å². The number of benzene rings is 2. The van der Waals surface area contributed by atoms with Crippen LogP contribution < -0.4 is 4.90 Å². The molecule has 0 N–H and O–H groups in total. The van der Waals surface area contributed by atoms with Gasteiger partial charge in [0.1, 0.15) is 18.3 Å². The maximum atomic E-state index is 12.4. The van der Waals surface area contributed by atoms with Crippen molar-refractivity contribution in [2.75, 3.05) is 31.6 Å². The summed E-state index contributed by atoms with van der Waals surface area (Å²) in [6.45, 7) is 3.08. The van der Waals surface area contributed by atoms with Gasteiger partial charge in [-0.2, -0.15) is 10.4 Å². The molecule has 0 radical (unpaired) electrons. The van der Waals surface area contributed by atoms with Gasteiger partial charge in [0.2, 0.25) is 0 Å². The summed E-state index contributed by atoms with van der Waals surface area (Å²) in [5.41, 5.74) is 3.24. The van der Waals surface area contributed by atoms with Gasteiger partial charge in [-0.25, -0.2) is 0 Å². The average Bonchev–Trinajstić information content (AvgIpc) is 3.02. The van der Waals surface area contributed by atoms with Crippen LogP contribution in [0.2, 0.25) is 0 Å². The van der Waals surface area contributed by atoms with Crippen molar-refractivity contribution < 1.29 is 19.1 Å². The van der Waals surface area contributed by atoms with Crippen molar-refractivity contribution >= 4 is 50.8 Å². The second kappa shape index (κ2) is 9.11. The Morgan fingerprint density at radius 1 is 1.24 bits per heavy atom. The van der Waals surface area contributed by atoms with E-state index in [1.54, 1.807) is 13.0 Å². The lowest BCUT2D eigenvalue weighted by Crippen LogP contribution is -2.35. The molecule has 2 aromatic rings. The van der Waals surface area contributed by atoms with Crippen LogP contribution in [0.1, 0.15) is 45.2 Å². The van der Waals surface area contributed by atoms with Crippen LogP contribution >= 0.6 is 15.9 Å². The first kappa shape index (κ1) is 22.6. The predicted octanol–water partition coefficient (Wildman–Crippen LogP) is 4.28. The van der Waals surface area contributed by atoms with Gasteiger partial charge in [0, 0.05) is 19.3 Å². The number of anilines is 1. The van der Waals surface area contributed by atoms with Crippen molar-refractivity contribution in [2.24, 2.45) is 10.2 Å². The Balaban J connectivity index is 1.65. The number of nitrogens with zero attached hydrogens (tertiary/aromatic N) is 5. The third kappa shape index (κ3) is 4.12. The fourth-order valence-corrected chi connectivity index (χ4v) is 4.68. The summed E-state index contributed by atoms with van der Waals surface area (Å²) in [6.07, 6.45) is 1.73. The van der Waals surface area contributed by atoms with E-state index in [2.05, 4.69) is 26.2 Å². The van der Waals surface area contributed by atoms with Crippen LogP contribution in [-0.2, 0) is 16.0 Å². The second-order valence-corrected chi connectivity index (χ2v) is 8.43. The number of rotatable bonds is 5. The number of halogens is 1. The molecule has 0 saturated carbocycles. The standard InChI is InChI=1S/C23H20BrN5O4/c1-3-33-18(30)12-29-8-4-5-13-9-15(6-7-17(13)29)26-27-21-14(11-25)10-16-19(20(21)24)23(32)28(2)22(16)31/h6-7,9-10H,3-5,8,12H2,1-2H3. The number of hydrogen-bond donors (Lipinski definition) is 0. The highest BCUT2D eigenvalue weighted by Gasteiger charge is 2.37. The van der Waals surface area contributed by atoms with Crippen LogP contribution in [0.15, 0.2) is 39.0 Å². The van der Waals surface area contributed by atoms with Crippen molar-refractivity contribution in [2.45, 2.75) is 19.8 Å². The number of carbonyl (C=O) groups excluding carboxylic acids is 3. The fraction of sp³-hybridized carbons (Fsp3) is 0.304. The number of ether oxygens (including phenoxy) is 1. The van der Waals surface area contributed by atoms with Gasteiger partial charge in [0.15, 0.2) is 0 Å². The molecule has 0 fully saturated rings. The van der Waals surface area contributed by atoms with Gasteiger partial charge >= 0.3 is 5.97 Å². The molecule has 0 aromatic heterocycles. The molecule has 2 aromatic carbocycles. The summed E-state index contributed by atoms with van der Waals surface area (Å²) in [4.78, 5) is 39.6. The van der Waals surface area contributed by atoms with Crippen molar-refractivity contribution in [1.82, 2.24) is 4.90 Å². The third-order valence-electron chi connectivity index (χ3n) is 5.58. The molecule has 0 unspecified atom stereocenters. The van der Waals surface area contributed by atoms with Gasteiger partial charge in [-0.15, -0.1) is 5.11 Å². The van der Waals surface area contributed by atoms with E-state index in [9.17, 15) is 19.6 Å². The van der Waals surface area contributed by atoms with E-state index in [1.807, 2.05) is 23.1 Å². The minimum Gasteiger partial charge on any atom is -0.465 e. The van der Waals surface area contributed by atoms with Gasteiger partial charge in [-0.05, 0) is 65.5 Å². The molecule has 2 amide bonds. The Hall–Kier alpha value is -3.58. The van der Waals surface area contributed by atoms with Gasteiger partial charge in [-0.1, -0.05) is 0 Å². The summed E-state index contributed by atoms with van der Waals surface area (Å²) >= 11 is 3.34. The molecule has 2 aliphatic rings. The Labute approximate surface area is 198 Å². The summed E-state index contributed by atoms with van der Waals surface area (Å²) in [5, 5.41) is 18.1. The summed E-state index contributed by atoms with van der Waals surface area (Å²) in [6, 6.07) is 8.96.